The summed E-state index contributed by atoms with van der Waals surface area (Å²) in [5.74, 6) is 0.714. The SMILES string of the molecule is CCS(=O)(=O)NC(C(=O)NCCc1ccc(OCCCc2cccc(Cl)c2)c(OC)c1)C(C)C. The molecule has 7 nitrogen and oxygen atoms in total. The van der Waals surface area contributed by atoms with Crippen molar-refractivity contribution in [1.82, 2.24) is 10.0 Å². The van der Waals surface area contributed by atoms with Crippen molar-refractivity contribution in [2.24, 2.45) is 5.92 Å². The molecule has 2 N–H and O–H groups in total. The van der Waals surface area contributed by atoms with Crippen LogP contribution >= 0.6 is 11.6 Å². The predicted octanol–water partition coefficient (Wildman–Crippen LogP) is 3.98. The minimum Gasteiger partial charge on any atom is -0.493 e. The fraction of sp³-hybridized carbons (Fsp3) is 0.480. The number of carbonyl (C=O) groups excluding carboxylic acids is 1. The van der Waals surface area contributed by atoms with Crippen LogP contribution in [0.5, 0.6) is 11.5 Å². The molecule has 2 aromatic carbocycles. The Morgan fingerprint density at radius 1 is 1.06 bits per heavy atom. The van der Waals surface area contributed by atoms with E-state index >= 15 is 0 Å². The van der Waals surface area contributed by atoms with Gasteiger partial charge in [-0.25, -0.2) is 13.1 Å². The molecule has 0 bridgehead atoms. The van der Waals surface area contributed by atoms with Crippen LogP contribution in [-0.2, 0) is 27.7 Å². The van der Waals surface area contributed by atoms with Crippen LogP contribution in [0, 0.1) is 5.92 Å². The summed E-state index contributed by atoms with van der Waals surface area (Å²) in [7, 11) is -1.88. The molecule has 0 saturated heterocycles. The summed E-state index contributed by atoms with van der Waals surface area (Å²) in [6.45, 7) is 6.07. The van der Waals surface area contributed by atoms with Crippen molar-refractivity contribution in [2.75, 3.05) is 26.0 Å². The fourth-order valence-electron chi connectivity index (χ4n) is 3.35. The average molecular weight is 511 g/mol. The van der Waals surface area contributed by atoms with E-state index in [-0.39, 0.29) is 17.6 Å². The van der Waals surface area contributed by atoms with Gasteiger partial charge in [0.2, 0.25) is 15.9 Å². The third kappa shape index (κ3) is 9.16. The Kier molecular flexibility index (Phi) is 11.1. The van der Waals surface area contributed by atoms with E-state index in [4.69, 9.17) is 21.1 Å². The van der Waals surface area contributed by atoms with Crippen LogP contribution in [0.1, 0.15) is 38.3 Å². The van der Waals surface area contributed by atoms with E-state index in [0.717, 1.165) is 23.4 Å². The minimum absolute atomic E-state index is 0.0711. The van der Waals surface area contributed by atoms with Gasteiger partial charge in [-0.05, 0) is 67.5 Å². The molecule has 1 amide bonds. The average Bonchev–Trinajstić information content (AvgIpc) is 2.80. The maximum atomic E-state index is 12.5. The second kappa shape index (κ2) is 13.6. The number of methoxy groups -OCH3 is 1. The monoisotopic (exact) mass is 510 g/mol. The Balaban J connectivity index is 1.85. The largest absolute Gasteiger partial charge is 0.493 e. The van der Waals surface area contributed by atoms with Crippen LogP contribution in [-0.4, -0.2) is 46.4 Å². The van der Waals surface area contributed by atoms with Gasteiger partial charge in [0, 0.05) is 11.6 Å². The highest BCUT2D eigenvalue weighted by Crippen LogP contribution is 2.28. The number of ether oxygens (including phenoxy) is 2. The molecular formula is C25H35ClN2O5S. The number of hydrogen-bond donors (Lipinski definition) is 2. The first-order chi connectivity index (χ1) is 16.1. The first kappa shape index (κ1) is 28.0. The zero-order valence-corrected chi connectivity index (χ0v) is 21.8. The molecule has 9 heteroatoms. The van der Waals surface area contributed by atoms with Crippen molar-refractivity contribution < 1.29 is 22.7 Å². The normalized spacial score (nSPS) is 12.4. The molecule has 0 fully saturated rings. The lowest BCUT2D eigenvalue weighted by molar-refractivity contribution is -0.123. The molecule has 2 aromatic rings. The van der Waals surface area contributed by atoms with E-state index in [1.165, 1.54) is 12.5 Å². The highest BCUT2D eigenvalue weighted by Gasteiger charge is 2.26. The maximum Gasteiger partial charge on any atom is 0.238 e. The molecule has 0 aliphatic rings. The van der Waals surface area contributed by atoms with Crippen molar-refractivity contribution in [3.63, 3.8) is 0 Å². The molecule has 0 aromatic heterocycles. The van der Waals surface area contributed by atoms with Crippen LogP contribution in [0.2, 0.25) is 5.02 Å². The smallest absolute Gasteiger partial charge is 0.238 e. The van der Waals surface area contributed by atoms with Crippen LogP contribution in [0.3, 0.4) is 0 Å². The number of nitrogens with one attached hydrogen (secondary N) is 2. The van der Waals surface area contributed by atoms with E-state index in [0.29, 0.717) is 31.1 Å². The second-order valence-electron chi connectivity index (χ2n) is 8.35. The number of hydrogen-bond acceptors (Lipinski definition) is 5. The zero-order valence-electron chi connectivity index (χ0n) is 20.3. The lowest BCUT2D eigenvalue weighted by Gasteiger charge is -2.21. The molecule has 34 heavy (non-hydrogen) atoms. The summed E-state index contributed by atoms with van der Waals surface area (Å²) >= 11 is 6.02. The first-order valence-electron chi connectivity index (χ1n) is 11.5. The topological polar surface area (TPSA) is 93.7 Å². The van der Waals surface area contributed by atoms with Crippen molar-refractivity contribution in [2.45, 2.75) is 46.1 Å². The van der Waals surface area contributed by atoms with E-state index in [2.05, 4.69) is 10.0 Å². The van der Waals surface area contributed by atoms with Gasteiger partial charge in [-0.3, -0.25) is 4.79 Å². The molecule has 0 spiro atoms. The third-order valence-corrected chi connectivity index (χ3v) is 6.94. The molecule has 0 heterocycles. The van der Waals surface area contributed by atoms with E-state index in [1.807, 2.05) is 42.5 Å². The minimum atomic E-state index is -3.47. The summed E-state index contributed by atoms with van der Waals surface area (Å²) in [6.07, 6.45) is 2.28. The van der Waals surface area contributed by atoms with Crippen LogP contribution < -0.4 is 19.5 Å². The van der Waals surface area contributed by atoms with Gasteiger partial charge in [0.25, 0.3) is 0 Å². The Hall–Kier alpha value is -2.29. The van der Waals surface area contributed by atoms with Crippen LogP contribution in [0.15, 0.2) is 42.5 Å². The lowest BCUT2D eigenvalue weighted by atomic mass is 10.0. The molecule has 1 atom stereocenters. The van der Waals surface area contributed by atoms with Gasteiger partial charge in [0.05, 0.1) is 19.5 Å². The van der Waals surface area contributed by atoms with E-state index in [9.17, 15) is 13.2 Å². The first-order valence-corrected chi connectivity index (χ1v) is 13.5. The van der Waals surface area contributed by atoms with Crippen molar-refractivity contribution in [1.29, 1.82) is 0 Å². The molecule has 0 aliphatic heterocycles. The quantitative estimate of drug-likeness (QED) is 0.375. The standard InChI is InChI=1S/C25H35ClN2O5S/c1-5-34(30,31)28-24(18(2)3)25(29)27-14-13-20-11-12-22(23(17-20)32-4)33-15-7-9-19-8-6-10-21(26)16-19/h6,8,10-12,16-18,24,28H,5,7,9,13-15H2,1-4H3,(H,27,29). The van der Waals surface area contributed by atoms with Gasteiger partial charge >= 0.3 is 0 Å². The molecule has 0 saturated carbocycles. The molecule has 2 rings (SSSR count). The molecular weight excluding hydrogens is 476 g/mol. The summed E-state index contributed by atoms with van der Waals surface area (Å²) in [5.41, 5.74) is 2.14. The number of rotatable bonds is 14. The Labute approximate surface area is 208 Å². The van der Waals surface area contributed by atoms with Crippen LogP contribution in [0.25, 0.3) is 0 Å². The fourth-order valence-corrected chi connectivity index (χ4v) is 4.49. The van der Waals surface area contributed by atoms with Gasteiger partial charge in [-0.1, -0.05) is 43.6 Å². The third-order valence-electron chi connectivity index (χ3n) is 5.33. The summed E-state index contributed by atoms with van der Waals surface area (Å²) in [6, 6.07) is 12.7. The Morgan fingerprint density at radius 2 is 1.79 bits per heavy atom. The predicted molar refractivity (Wildman–Crippen MR) is 136 cm³/mol. The number of benzene rings is 2. The second-order valence-corrected chi connectivity index (χ2v) is 10.8. The summed E-state index contributed by atoms with van der Waals surface area (Å²) in [4.78, 5) is 12.5. The number of sulfonamides is 1. The van der Waals surface area contributed by atoms with Gasteiger partial charge in [0.15, 0.2) is 11.5 Å². The number of amides is 1. The van der Waals surface area contributed by atoms with E-state index < -0.39 is 16.1 Å². The molecule has 1 unspecified atom stereocenters. The Morgan fingerprint density at radius 3 is 2.44 bits per heavy atom. The van der Waals surface area contributed by atoms with Crippen molar-refractivity contribution in [3.05, 3.63) is 58.6 Å². The highest BCUT2D eigenvalue weighted by molar-refractivity contribution is 7.89. The Bertz CT molecular complexity index is 1040. The number of halogens is 1. The zero-order chi connectivity index (χ0) is 25.1. The van der Waals surface area contributed by atoms with Gasteiger partial charge in [-0.2, -0.15) is 0 Å². The van der Waals surface area contributed by atoms with Crippen molar-refractivity contribution >= 4 is 27.5 Å². The lowest BCUT2D eigenvalue weighted by Crippen LogP contribution is -2.50. The highest BCUT2D eigenvalue weighted by atomic mass is 35.5. The summed E-state index contributed by atoms with van der Waals surface area (Å²) < 4.78 is 37.6. The molecule has 0 radical (unpaired) electrons. The van der Waals surface area contributed by atoms with Gasteiger partial charge in [0.1, 0.15) is 6.04 Å². The van der Waals surface area contributed by atoms with Gasteiger partial charge in [-0.15, -0.1) is 0 Å². The molecule has 188 valence electrons. The van der Waals surface area contributed by atoms with Crippen molar-refractivity contribution in [3.8, 4) is 11.5 Å². The molecule has 0 aliphatic carbocycles. The number of carbonyl (C=O) groups is 1. The summed E-state index contributed by atoms with van der Waals surface area (Å²) in [5, 5.41) is 3.56. The van der Waals surface area contributed by atoms with E-state index in [1.54, 1.807) is 21.0 Å². The number of aryl methyl sites for hydroxylation is 1. The maximum absolute atomic E-state index is 12.5. The van der Waals surface area contributed by atoms with Crippen LogP contribution in [0.4, 0.5) is 0 Å². The van der Waals surface area contributed by atoms with Gasteiger partial charge < -0.3 is 14.8 Å².